The highest BCUT2D eigenvalue weighted by Gasteiger charge is 2.08. The highest BCUT2D eigenvalue weighted by atomic mass is 16.2. The van der Waals surface area contributed by atoms with E-state index in [9.17, 15) is 9.59 Å². The molecule has 0 aliphatic heterocycles. The van der Waals surface area contributed by atoms with Gasteiger partial charge in [-0.05, 0) is 34.4 Å². The number of amides is 2. The van der Waals surface area contributed by atoms with Gasteiger partial charge in [-0.25, -0.2) is 4.98 Å². The van der Waals surface area contributed by atoms with Crippen LogP contribution in [0.3, 0.4) is 0 Å². The first-order valence-electron chi connectivity index (χ1n) is 10.4. The molecule has 0 unspecified atom stereocenters. The zero-order valence-corrected chi connectivity index (χ0v) is 17.6. The standard InChI is InChI=1S/C26H24N4O2/c31-25(28-16-20-6-8-21(9-7-20)18-30-15-14-27-19-30)17-29-26(32)24-12-10-23(11-13-24)22-4-2-1-3-5-22/h1-15,19H,16-18H2,(H,28,31)(H,29,32). The molecule has 0 bridgehead atoms. The molecule has 6 nitrogen and oxygen atoms in total. The fourth-order valence-corrected chi connectivity index (χ4v) is 3.32. The molecule has 0 aliphatic carbocycles. The van der Waals surface area contributed by atoms with E-state index in [4.69, 9.17) is 0 Å². The molecule has 1 heterocycles. The monoisotopic (exact) mass is 424 g/mol. The molecule has 0 spiro atoms. The van der Waals surface area contributed by atoms with E-state index in [1.54, 1.807) is 24.7 Å². The first-order chi connectivity index (χ1) is 15.7. The van der Waals surface area contributed by atoms with Gasteiger partial charge in [-0.15, -0.1) is 0 Å². The fraction of sp³-hybridized carbons (Fsp3) is 0.115. The van der Waals surface area contributed by atoms with E-state index in [0.717, 1.165) is 28.8 Å². The first kappa shape index (κ1) is 21.1. The third-order valence-electron chi connectivity index (χ3n) is 5.10. The van der Waals surface area contributed by atoms with Gasteiger partial charge in [-0.1, -0.05) is 66.7 Å². The summed E-state index contributed by atoms with van der Waals surface area (Å²) < 4.78 is 1.99. The zero-order valence-electron chi connectivity index (χ0n) is 17.6. The van der Waals surface area contributed by atoms with E-state index in [-0.39, 0.29) is 18.4 Å². The number of benzene rings is 3. The molecule has 32 heavy (non-hydrogen) atoms. The van der Waals surface area contributed by atoms with Crippen LogP contribution in [0.5, 0.6) is 0 Å². The number of nitrogens with one attached hydrogen (secondary N) is 2. The van der Waals surface area contributed by atoms with Crippen molar-refractivity contribution < 1.29 is 9.59 Å². The Morgan fingerprint density at radius 1 is 0.781 bits per heavy atom. The average Bonchev–Trinajstić information content (AvgIpc) is 3.36. The van der Waals surface area contributed by atoms with Crippen molar-refractivity contribution in [2.75, 3.05) is 6.54 Å². The van der Waals surface area contributed by atoms with Crippen LogP contribution in [0, 0.1) is 0 Å². The first-order valence-corrected chi connectivity index (χ1v) is 10.4. The number of carbonyl (C=O) groups is 2. The van der Waals surface area contributed by atoms with E-state index in [0.29, 0.717) is 12.1 Å². The predicted molar refractivity (Wildman–Crippen MR) is 124 cm³/mol. The van der Waals surface area contributed by atoms with Gasteiger partial charge in [0.05, 0.1) is 12.9 Å². The van der Waals surface area contributed by atoms with E-state index >= 15 is 0 Å². The quantitative estimate of drug-likeness (QED) is 0.453. The predicted octanol–water partition coefficient (Wildman–Crippen LogP) is 3.64. The van der Waals surface area contributed by atoms with Crippen LogP contribution < -0.4 is 10.6 Å². The second-order valence-electron chi connectivity index (χ2n) is 7.45. The van der Waals surface area contributed by atoms with E-state index < -0.39 is 0 Å². The smallest absolute Gasteiger partial charge is 0.251 e. The highest BCUT2D eigenvalue weighted by molar-refractivity contribution is 5.96. The van der Waals surface area contributed by atoms with Crippen LogP contribution in [0.15, 0.2) is 97.6 Å². The summed E-state index contributed by atoms with van der Waals surface area (Å²) in [5, 5.41) is 5.50. The Morgan fingerprint density at radius 3 is 2.16 bits per heavy atom. The molecule has 0 atom stereocenters. The van der Waals surface area contributed by atoms with Gasteiger partial charge >= 0.3 is 0 Å². The molecule has 0 saturated heterocycles. The van der Waals surface area contributed by atoms with Crippen LogP contribution in [0.25, 0.3) is 11.1 Å². The van der Waals surface area contributed by atoms with Gasteiger partial charge < -0.3 is 15.2 Å². The van der Waals surface area contributed by atoms with Crippen molar-refractivity contribution in [2.45, 2.75) is 13.1 Å². The highest BCUT2D eigenvalue weighted by Crippen LogP contribution is 2.19. The van der Waals surface area contributed by atoms with Crippen molar-refractivity contribution in [3.63, 3.8) is 0 Å². The molecule has 6 heteroatoms. The lowest BCUT2D eigenvalue weighted by Gasteiger charge is -2.09. The zero-order chi connectivity index (χ0) is 22.2. The third kappa shape index (κ3) is 5.70. The number of hydrogen-bond donors (Lipinski definition) is 2. The second-order valence-corrected chi connectivity index (χ2v) is 7.45. The second kappa shape index (κ2) is 10.2. The maximum Gasteiger partial charge on any atom is 0.251 e. The molecule has 4 aromatic rings. The van der Waals surface area contributed by atoms with Gasteiger partial charge in [0.25, 0.3) is 5.91 Å². The van der Waals surface area contributed by atoms with Crippen molar-refractivity contribution in [3.05, 3.63) is 114 Å². The average molecular weight is 425 g/mol. The Kier molecular flexibility index (Phi) is 6.72. The lowest BCUT2D eigenvalue weighted by molar-refractivity contribution is -0.120. The minimum absolute atomic E-state index is 0.0714. The summed E-state index contributed by atoms with van der Waals surface area (Å²) in [5.41, 5.74) is 4.80. The minimum atomic E-state index is -0.274. The number of aromatic nitrogens is 2. The van der Waals surface area contributed by atoms with Gasteiger partial charge in [-0.3, -0.25) is 9.59 Å². The van der Waals surface area contributed by atoms with Gasteiger partial charge in [-0.2, -0.15) is 0 Å². The van der Waals surface area contributed by atoms with Gasteiger partial charge in [0.15, 0.2) is 0 Å². The van der Waals surface area contributed by atoms with Gasteiger partial charge in [0.2, 0.25) is 5.91 Å². The summed E-state index contributed by atoms with van der Waals surface area (Å²) in [7, 11) is 0. The van der Waals surface area contributed by atoms with Crippen molar-refractivity contribution in [1.82, 2.24) is 20.2 Å². The lowest BCUT2D eigenvalue weighted by Crippen LogP contribution is -2.36. The van der Waals surface area contributed by atoms with Crippen molar-refractivity contribution >= 4 is 11.8 Å². The number of imidazole rings is 1. The maximum absolute atomic E-state index is 12.3. The Bertz CT molecular complexity index is 1150. The Hall–Kier alpha value is -4.19. The van der Waals surface area contributed by atoms with Crippen molar-refractivity contribution in [1.29, 1.82) is 0 Å². The van der Waals surface area contributed by atoms with Crippen molar-refractivity contribution in [2.24, 2.45) is 0 Å². The van der Waals surface area contributed by atoms with Crippen LogP contribution in [0.2, 0.25) is 0 Å². The summed E-state index contributed by atoms with van der Waals surface area (Å²) in [5.74, 6) is -0.509. The molecule has 1 aromatic heterocycles. The van der Waals surface area contributed by atoms with Crippen LogP contribution in [0.1, 0.15) is 21.5 Å². The molecular formula is C26H24N4O2. The SMILES string of the molecule is O=C(CNC(=O)c1ccc(-c2ccccc2)cc1)NCc1ccc(Cn2ccnc2)cc1. The Balaban J connectivity index is 1.22. The Morgan fingerprint density at radius 2 is 1.47 bits per heavy atom. The molecule has 0 aliphatic rings. The summed E-state index contributed by atoms with van der Waals surface area (Å²) in [6.07, 6.45) is 5.45. The van der Waals surface area contributed by atoms with Crippen LogP contribution >= 0.6 is 0 Å². The molecule has 2 amide bonds. The van der Waals surface area contributed by atoms with Gasteiger partial charge in [0, 0.05) is 31.0 Å². The lowest BCUT2D eigenvalue weighted by atomic mass is 10.0. The topological polar surface area (TPSA) is 76.0 Å². The molecule has 0 radical (unpaired) electrons. The summed E-state index contributed by atoms with van der Waals surface area (Å²) in [6.45, 7) is 1.09. The maximum atomic E-state index is 12.3. The number of rotatable bonds is 8. The van der Waals surface area contributed by atoms with E-state index in [1.807, 2.05) is 77.5 Å². The molecule has 4 rings (SSSR count). The summed E-state index contributed by atoms with van der Waals surface area (Å²) in [4.78, 5) is 28.5. The van der Waals surface area contributed by atoms with E-state index in [1.165, 1.54) is 0 Å². The molecule has 3 aromatic carbocycles. The normalized spacial score (nSPS) is 10.5. The van der Waals surface area contributed by atoms with Crippen molar-refractivity contribution in [3.8, 4) is 11.1 Å². The molecular weight excluding hydrogens is 400 g/mol. The van der Waals surface area contributed by atoms with Crippen LogP contribution in [-0.2, 0) is 17.9 Å². The minimum Gasteiger partial charge on any atom is -0.350 e. The van der Waals surface area contributed by atoms with E-state index in [2.05, 4.69) is 15.6 Å². The molecule has 2 N–H and O–H groups in total. The van der Waals surface area contributed by atoms with Crippen LogP contribution in [-0.4, -0.2) is 27.9 Å². The summed E-state index contributed by atoms with van der Waals surface area (Å²) >= 11 is 0. The van der Waals surface area contributed by atoms with Crippen LogP contribution in [0.4, 0.5) is 0 Å². The fourth-order valence-electron chi connectivity index (χ4n) is 3.32. The number of nitrogens with zero attached hydrogens (tertiary/aromatic N) is 2. The Labute approximate surface area is 186 Å². The van der Waals surface area contributed by atoms with Gasteiger partial charge in [0.1, 0.15) is 0 Å². The third-order valence-corrected chi connectivity index (χ3v) is 5.10. The largest absolute Gasteiger partial charge is 0.350 e. The number of hydrogen-bond acceptors (Lipinski definition) is 3. The molecule has 0 fully saturated rings. The molecule has 0 saturated carbocycles. The molecule has 160 valence electrons. The summed E-state index contributed by atoms with van der Waals surface area (Å²) in [6, 6.07) is 25.3. The number of carbonyl (C=O) groups excluding carboxylic acids is 2.